The first-order valence-corrected chi connectivity index (χ1v) is 8.85. The summed E-state index contributed by atoms with van der Waals surface area (Å²) >= 11 is 9.37. The number of hydrogen-bond donors (Lipinski definition) is 3. The third-order valence-electron chi connectivity index (χ3n) is 3.55. The van der Waals surface area contributed by atoms with E-state index in [2.05, 4.69) is 26.6 Å². The fourth-order valence-electron chi connectivity index (χ4n) is 2.29. The van der Waals surface area contributed by atoms with Crippen LogP contribution < -0.4 is 16.4 Å². The molecule has 6 nitrogen and oxygen atoms in total. The zero-order valence-electron chi connectivity index (χ0n) is 13.9. The molecule has 4 N–H and O–H groups in total. The number of nitrogens with one attached hydrogen (secondary N) is 2. The van der Waals surface area contributed by atoms with E-state index in [0.717, 1.165) is 10.0 Å². The lowest BCUT2D eigenvalue weighted by Crippen LogP contribution is -2.45. The van der Waals surface area contributed by atoms with Gasteiger partial charge in [0.1, 0.15) is 6.04 Å². The third-order valence-corrected chi connectivity index (χ3v) is 4.56. The Bertz CT molecular complexity index is 840. The molecule has 1 atom stereocenters. The van der Waals surface area contributed by atoms with Gasteiger partial charge in [0.15, 0.2) is 0 Å². The topological polar surface area (TPSA) is 101 Å². The predicted octanol–water partition coefficient (Wildman–Crippen LogP) is 2.89. The fraction of sp³-hybridized carbons (Fsp3) is 0.167. The van der Waals surface area contributed by atoms with Crippen molar-refractivity contribution in [2.45, 2.75) is 19.4 Å². The Morgan fingerprint density at radius 3 is 2.38 bits per heavy atom. The molecule has 0 radical (unpaired) electrons. The highest BCUT2D eigenvalue weighted by atomic mass is 79.9. The Balaban J connectivity index is 2.11. The molecule has 0 spiro atoms. The number of benzene rings is 2. The summed E-state index contributed by atoms with van der Waals surface area (Å²) < 4.78 is 0.766. The molecule has 0 saturated heterocycles. The summed E-state index contributed by atoms with van der Waals surface area (Å²) in [5.74, 6) is -1.30. The molecule has 0 aliphatic carbocycles. The van der Waals surface area contributed by atoms with Crippen LogP contribution in [0.25, 0.3) is 0 Å². The van der Waals surface area contributed by atoms with Gasteiger partial charge in [-0.3, -0.25) is 14.4 Å². The molecule has 0 aliphatic rings. The number of hydrogen-bond acceptors (Lipinski definition) is 3. The van der Waals surface area contributed by atoms with E-state index in [4.69, 9.17) is 17.3 Å². The molecule has 0 fully saturated rings. The van der Waals surface area contributed by atoms with Gasteiger partial charge in [-0.15, -0.1) is 0 Å². The van der Waals surface area contributed by atoms with Crippen LogP contribution in [-0.4, -0.2) is 23.8 Å². The number of primary amides is 1. The molecule has 2 aromatic rings. The van der Waals surface area contributed by atoms with Crippen molar-refractivity contribution in [3.05, 3.63) is 63.1 Å². The predicted molar refractivity (Wildman–Crippen MR) is 104 cm³/mol. The van der Waals surface area contributed by atoms with Crippen molar-refractivity contribution in [2.75, 3.05) is 5.32 Å². The number of halogens is 2. The summed E-state index contributed by atoms with van der Waals surface area (Å²) in [7, 11) is 0. The van der Waals surface area contributed by atoms with Gasteiger partial charge in [-0.1, -0.05) is 27.5 Å². The lowest BCUT2D eigenvalue weighted by atomic mass is 10.0. The maximum absolute atomic E-state index is 12.4. The van der Waals surface area contributed by atoms with Crippen molar-refractivity contribution < 1.29 is 14.4 Å². The summed E-state index contributed by atoms with van der Waals surface area (Å²) in [6, 6.07) is 10.6. The Kier molecular flexibility index (Phi) is 6.76. The lowest BCUT2D eigenvalue weighted by molar-refractivity contribution is -0.119. The molecule has 26 heavy (non-hydrogen) atoms. The molecule has 0 unspecified atom stereocenters. The summed E-state index contributed by atoms with van der Waals surface area (Å²) in [5.41, 5.74) is 7.10. The fourth-order valence-corrected chi connectivity index (χ4v) is 2.90. The van der Waals surface area contributed by atoms with E-state index in [1.807, 2.05) is 0 Å². The van der Waals surface area contributed by atoms with Crippen LogP contribution in [0.2, 0.25) is 5.02 Å². The SMILES string of the molecule is CC(=O)Nc1ccc(C(=O)N[C@H](Cc2cc(Cl)ccc2Br)C(N)=O)cc1. The van der Waals surface area contributed by atoms with Crippen LogP contribution in [0.1, 0.15) is 22.8 Å². The van der Waals surface area contributed by atoms with Gasteiger partial charge in [-0.2, -0.15) is 0 Å². The van der Waals surface area contributed by atoms with Gasteiger partial charge in [0, 0.05) is 34.1 Å². The van der Waals surface area contributed by atoms with Crippen LogP contribution >= 0.6 is 27.5 Å². The van der Waals surface area contributed by atoms with Gasteiger partial charge in [0.05, 0.1) is 0 Å². The van der Waals surface area contributed by atoms with Crippen molar-refractivity contribution in [3.63, 3.8) is 0 Å². The van der Waals surface area contributed by atoms with Crippen molar-refractivity contribution in [3.8, 4) is 0 Å². The highest BCUT2D eigenvalue weighted by Gasteiger charge is 2.20. The minimum Gasteiger partial charge on any atom is -0.368 e. The van der Waals surface area contributed by atoms with E-state index in [1.54, 1.807) is 42.5 Å². The number of anilines is 1. The zero-order chi connectivity index (χ0) is 19.3. The second-order valence-corrected chi connectivity index (χ2v) is 6.92. The van der Waals surface area contributed by atoms with Gasteiger partial charge < -0.3 is 16.4 Å². The Morgan fingerprint density at radius 1 is 1.15 bits per heavy atom. The third kappa shape index (κ3) is 5.57. The molecule has 0 aromatic heterocycles. The quantitative estimate of drug-likeness (QED) is 0.646. The van der Waals surface area contributed by atoms with Crippen molar-refractivity contribution in [2.24, 2.45) is 5.73 Å². The second kappa shape index (κ2) is 8.82. The van der Waals surface area contributed by atoms with E-state index in [-0.39, 0.29) is 12.3 Å². The molecule has 2 aromatic carbocycles. The highest BCUT2D eigenvalue weighted by Crippen LogP contribution is 2.22. The van der Waals surface area contributed by atoms with Crippen LogP contribution in [0.5, 0.6) is 0 Å². The zero-order valence-corrected chi connectivity index (χ0v) is 16.2. The van der Waals surface area contributed by atoms with E-state index in [1.165, 1.54) is 6.92 Å². The summed E-state index contributed by atoms with van der Waals surface area (Å²) in [6.07, 6.45) is 0.201. The number of nitrogens with two attached hydrogens (primary N) is 1. The average molecular weight is 439 g/mol. The van der Waals surface area contributed by atoms with Gasteiger partial charge in [0.2, 0.25) is 11.8 Å². The first kappa shape index (κ1) is 19.9. The Labute approximate surface area is 164 Å². The molecule has 136 valence electrons. The van der Waals surface area contributed by atoms with Crippen molar-refractivity contribution in [1.82, 2.24) is 5.32 Å². The molecule has 8 heteroatoms. The molecule has 0 bridgehead atoms. The van der Waals surface area contributed by atoms with E-state index >= 15 is 0 Å². The highest BCUT2D eigenvalue weighted by molar-refractivity contribution is 9.10. The smallest absolute Gasteiger partial charge is 0.251 e. The van der Waals surface area contributed by atoms with Crippen LogP contribution in [0.3, 0.4) is 0 Å². The van der Waals surface area contributed by atoms with Gasteiger partial charge in [-0.25, -0.2) is 0 Å². The molecular weight excluding hydrogens is 422 g/mol. The number of carbonyl (C=O) groups excluding carboxylic acids is 3. The van der Waals surface area contributed by atoms with E-state index < -0.39 is 17.9 Å². The molecule has 3 amide bonds. The first-order chi connectivity index (χ1) is 12.3. The molecule has 0 saturated carbocycles. The number of amides is 3. The molecule has 2 rings (SSSR count). The maximum atomic E-state index is 12.4. The van der Waals surface area contributed by atoms with E-state index in [0.29, 0.717) is 16.3 Å². The second-order valence-electron chi connectivity index (χ2n) is 5.63. The monoisotopic (exact) mass is 437 g/mol. The minimum absolute atomic E-state index is 0.201. The van der Waals surface area contributed by atoms with Crippen LogP contribution in [0, 0.1) is 0 Å². The largest absolute Gasteiger partial charge is 0.368 e. The summed E-state index contributed by atoms with van der Waals surface area (Å²) in [5, 5.41) is 5.75. The average Bonchev–Trinajstić information content (AvgIpc) is 2.57. The normalized spacial score (nSPS) is 11.5. The van der Waals surface area contributed by atoms with Crippen molar-refractivity contribution in [1.29, 1.82) is 0 Å². The first-order valence-electron chi connectivity index (χ1n) is 7.68. The Hall–Kier alpha value is -2.38. The number of rotatable bonds is 6. The van der Waals surface area contributed by atoms with Crippen molar-refractivity contribution >= 4 is 50.9 Å². The van der Waals surface area contributed by atoms with Crippen LogP contribution in [0.4, 0.5) is 5.69 Å². The van der Waals surface area contributed by atoms with Gasteiger partial charge in [-0.05, 0) is 48.0 Å². The molecule has 0 aliphatic heterocycles. The Morgan fingerprint density at radius 2 is 1.81 bits per heavy atom. The van der Waals surface area contributed by atoms with Crippen LogP contribution in [0.15, 0.2) is 46.9 Å². The van der Waals surface area contributed by atoms with Crippen LogP contribution in [-0.2, 0) is 16.0 Å². The lowest BCUT2D eigenvalue weighted by Gasteiger charge is -2.17. The molecular formula is C18H17BrClN3O3. The summed E-state index contributed by atoms with van der Waals surface area (Å²) in [6.45, 7) is 1.39. The van der Waals surface area contributed by atoms with Gasteiger partial charge in [0.25, 0.3) is 5.91 Å². The number of carbonyl (C=O) groups is 3. The standard InChI is InChI=1S/C18H17BrClN3O3/c1-10(24)22-14-5-2-11(3-6-14)18(26)23-16(17(21)25)9-12-8-13(20)4-7-15(12)19/h2-8,16H,9H2,1H3,(H2,21,25)(H,22,24)(H,23,26)/t16-/m1/s1. The van der Waals surface area contributed by atoms with E-state index in [9.17, 15) is 14.4 Å². The maximum Gasteiger partial charge on any atom is 0.251 e. The summed E-state index contributed by atoms with van der Waals surface area (Å²) in [4.78, 5) is 35.2. The molecule has 0 heterocycles. The van der Waals surface area contributed by atoms with Gasteiger partial charge >= 0.3 is 0 Å². The minimum atomic E-state index is -0.896.